The van der Waals surface area contributed by atoms with Gasteiger partial charge in [-0.15, -0.1) is 0 Å². The first-order valence-electron chi connectivity index (χ1n) is 7.90. The lowest BCUT2D eigenvalue weighted by molar-refractivity contribution is 0.102. The van der Waals surface area contributed by atoms with Crippen molar-refractivity contribution < 1.29 is 9.53 Å². The van der Waals surface area contributed by atoms with E-state index in [2.05, 4.69) is 24.1 Å². The van der Waals surface area contributed by atoms with Crippen molar-refractivity contribution in [2.24, 2.45) is 0 Å². The van der Waals surface area contributed by atoms with Crippen LogP contribution in [0.3, 0.4) is 0 Å². The van der Waals surface area contributed by atoms with E-state index in [0.717, 1.165) is 35.8 Å². The van der Waals surface area contributed by atoms with E-state index >= 15 is 0 Å². The molecule has 2 aromatic carbocycles. The maximum absolute atomic E-state index is 12.3. The first-order valence-corrected chi connectivity index (χ1v) is 7.90. The van der Waals surface area contributed by atoms with E-state index in [-0.39, 0.29) is 5.91 Å². The van der Waals surface area contributed by atoms with Crippen LogP contribution in [0.4, 0.5) is 11.4 Å². The zero-order chi connectivity index (χ0) is 16.8. The molecule has 122 valence electrons. The van der Waals surface area contributed by atoms with Crippen molar-refractivity contribution in [3.63, 3.8) is 0 Å². The zero-order valence-electron chi connectivity index (χ0n) is 14.2. The molecule has 0 heterocycles. The predicted octanol–water partition coefficient (Wildman–Crippen LogP) is 4.10. The number of carbonyl (C=O) groups excluding carboxylic acids is 1. The Morgan fingerprint density at radius 2 is 1.74 bits per heavy atom. The Hall–Kier alpha value is -2.49. The number of amides is 1. The molecule has 4 heteroatoms. The van der Waals surface area contributed by atoms with Crippen LogP contribution in [0.1, 0.15) is 29.8 Å². The number of ether oxygens (including phenoxy) is 1. The number of aryl methyl sites for hydroxylation is 1. The minimum atomic E-state index is -0.140. The molecule has 0 radical (unpaired) electrons. The van der Waals surface area contributed by atoms with Gasteiger partial charge in [0.1, 0.15) is 5.75 Å². The van der Waals surface area contributed by atoms with E-state index in [1.54, 1.807) is 19.2 Å². The third-order valence-electron chi connectivity index (χ3n) is 3.92. The van der Waals surface area contributed by atoms with Crippen LogP contribution < -0.4 is 15.0 Å². The molecule has 0 saturated carbocycles. The van der Waals surface area contributed by atoms with Gasteiger partial charge in [0.15, 0.2) is 0 Å². The lowest BCUT2D eigenvalue weighted by Gasteiger charge is -2.21. The third kappa shape index (κ3) is 4.03. The van der Waals surface area contributed by atoms with Crippen LogP contribution in [0.5, 0.6) is 5.75 Å². The van der Waals surface area contributed by atoms with E-state index < -0.39 is 0 Å². The number of rotatable bonds is 6. The van der Waals surface area contributed by atoms with Gasteiger partial charge < -0.3 is 15.0 Å². The summed E-state index contributed by atoms with van der Waals surface area (Å²) in [7, 11) is 1.61. The molecule has 0 aliphatic rings. The molecular weight excluding hydrogens is 288 g/mol. The van der Waals surface area contributed by atoms with Crippen molar-refractivity contribution in [2.45, 2.75) is 20.8 Å². The summed E-state index contributed by atoms with van der Waals surface area (Å²) in [5.74, 6) is 0.577. The number of benzene rings is 2. The van der Waals surface area contributed by atoms with Crippen LogP contribution in [0, 0.1) is 6.92 Å². The van der Waals surface area contributed by atoms with Gasteiger partial charge in [-0.2, -0.15) is 0 Å². The fraction of sp³-hybridized carbons (Fsp3) is 0.316. The summed E-state index contributed by atoms with van der Waals surface area (Å²) < 4.78 is 5.27. The lowest BCUT2D eigenvalue weighted by Crippen LogP contribution is -2.21. The van der Waals surface area contributed by atoms with Crippen molar-refractivity contribution in [3.8, 4) is 5.75 Å². The molecule has 0 bridgehead atoms. The van der Waals surface area contributed by atoms with Gasteiger partial charge in [0.05, 0.1) is 7.11 Å². The Balaban J connectivity index is 2.11. The van der Waals surface area contributed by atoms with Gasteiger partial charge in [-0.1, -0.05) is 6.07 Å². The van der Waals surface area contributed by atoms with E-state index in [4.69, 9.17) is 4.74 Å². The monoisotopic (exact) mass is 312 g/mol. The van der Waals surface area contributed by atoms with Gasteiger partial charge in [-0.3, -0.25) is 4.79 Å². The Labute approximate surface area is 138 Å². The van der Waals surface area contributed by atoms with Crippen molar-refractivity contribution >= 4 is 17.3 Å². The molecule has 0 spiro atoms. The molecule has 2 rings (SSSR count). The molecule has 0 fully saturated rings. The standard InChI is InChI=1S/C19H24N2O2/c1-5-21(6-2)17-11-9-16(10-12-17)20-19(22)15-8-7-14(3)18(13-15)23-4/h7-13H,5-6H2,1-4H3,(H,20,22). The van der Waals surface area contributed by atoms with Crippen molar-refractivity contribution in [1.29, 1.82) is 0 Å². The quantitative estimate of drug-likeness (QED) is 0.873. The SMILES string of the molecule is CCN(CC)c1ccc(NC(=O)c2ccc(C)c(OC)c2)cc1. The van der Waals surface area contributed by atoms with Gasteiger partial charge in [0.25, 0.3) is 5.91 Å². The number of anilines is 2. The minimum Gasteiger partial charge on any atom is -0.496 e. The Bertz CT molecular complexity index is 662. The summed E-state index contributed by atoms with van der Waals surface area (Å²) in [6, 6.07) is 13.4. The molecule has 23 heavy (non-hydrogen) atoms. The fourth-order valence-corrected chi connectivity index (χ4v) is 2.51. The maximum Gasteiger partial charge on any atom is 0.255 e. The second-order valence-corrected chi connectivity index (χ2v) is 5.36. The van der Waals surface area contributed by atoms with Gasteiger partial charge >= 0.3 is 0 Å². The first-order chi connectivity index (χ1) is 11.1. The third-order valence-corrected chi connectivity index (χ3v) is 3.92. The molecule has 2 aromatic rings. The van der Waals surface area contributed by atoms with Gasteiger partial charge in [-0.05, 0) is 62.7 Å². The molecule has 1 N–H and O–H groups in total. The average Bonchev–Trinajstić information content (AvgIpc) is 2.57. The van der Waals surface area contributed by atoms with Crippen molar-refractivity contribution in [2.75, 3.05) is 30.4 Å². The zero-order valence-corrected chi connectivity index (χ0v) is 14.2. The lowest BCUT2D eigenvalue weighted by atomic mass is 10.1. The fourth-order valence-electron chi connectivity index (χ4n) is 2.51. The number of methoxy groups -OCH3 is 1. The molecule has 0 saturated heterocycles. The average molecular weight is 312 g/mol. The molecular formula is C19H24N2O2. The number of nitrogens with one attached hydrogen (secondary N) is 1. The van der Waals surface area contributed by atoms with E-state index in [0.29, 0.717) is 5.56 Å². The van der Waals surface area contributed by atoms with Crippen molar-refractivity contribution in [1.82, 2.24) is 0 Å². The van der Waals surface area contributed by atoms with Crippen LogP contribution in [-0.4, -0.2) is 26.1 Å². The first kappa shape index (κ1) is 16.9. The number of hydrogen-bond acceptors (Lipinski definition) is 3. The van der Waals surface area contributed by atoms with Crippen LogP contribution in [0.15, 0.2) is 42.5 Å². The van der Waals surface area contributed by atoms with Gasteiger partial charge in [-0.25, -0.2) is 0 Å². The summed E-state index contributed by atoms with van der Waals surface area (Å²) in [6.07, 6.45) is 0. The molecule has 1 amide bonds. The Morgan fingerprint density at radius 1 is 1.09 bits per heavy atom. The Morgan fingerprint density at radius 3 is 2.30 bits per heavy atom. The van der Waals surface area contributed by atoms with Gasteiger partial charge in [0.2, 0.25) is 0 Å². The normalized spacial score (nSPS) is 10.3. The largest absolute Gasteiger partial charge is 0.496 e. The predicted molar refractivity (Wildman–Crippen MR) is 95.7 cm³/mol. The molecule has 0 aliphatic heterocycles. The van der Waals surface area contributed by atoms with E-state index in [1.807, 2.05) is 37.3 Å². The second-order valence-electron chi connectivity index (χ2n) is 5.36. The highest BCUT2D eigenvalue weighted by molar-refractivity contribution is 6.04. The van der Waals surface area contributed by atoms with Crippen LogP contribution >= 0.6 is 0 Å². The van der Waals surface area contributed by atoms with E-state index in [1.165, 1.54) is 0 Å². The molecule has 4 nitrogen and oxygen atoms in total. The maximum atomic E-state index is 12.3. The topological polar surface area (TPSA) is 41.6 Å². The summed E-state index contributed by atoms with van der Waals surface area (Å²) in [5, 5.41) is 2.92. The molecule has 0 aromatic heterocycles. The summed E-state index contributed by atoms with van der Waals surface area (Å²) >= 11 is 0. The smallest absolute Gasteiger partial charge is 0.255 e. The Kier molecular flexibility index (Phi) is 5.63. The van der Waals surface area contributed by atoms with Crippen LogP contribution in [0.2, 0.25) is 0 Å². The summed E-state index contributed by atoms with van der Waals surface area (Å²) in [6.45, 7) is 8.14. The highest BCUT2D eigenvalue weighted by Gasteiger charge is 2.09. The summed E-state index contributed by atoms with van der Waals surface area (Å²) in [5.41, 5.74) is 3.53. The number of carbonyl (C=O) groups is 1. The minimum absolute atomic E-state index is 0.140. The van der Waals surface area contributed by atoms with Gasteiger partial charge in [0, 0.05) is 30.0 Å². The van der Waals surface area contributed by atoms with E-state index in [9.17, 15) is 4.79 Å². The number of nitrogens with zero attached hydrogens (tertiary/aromatic N) is 1. The van der Waals surface area contributed by atoms with Crippen LogP contribution in [-0.2, 0) is 0 Å². The highest BCUT2D eigenvalue weighted by atomic mass is 16.5. The summed E-state index contributed by atoms with van der Waals surface area (Å²) in [4.78, 5) is 14.6. The molecule has 0 unspecified atom stereocenters. The highest BCUT2D eigenvalue weighted by Crippen LogP contribution is 2.21. The molecule has 0 aliphatic carbocycles. The second kappa shape index (κ2) is 7.68. The van der Waals surface area contributed by atoms with Crippen LogP contribution in [0.25, 0.3) is 0 Å². The van der Waals surface area contributed by atoms with Crippen molar-refractivity contribution in [3.05, 3.63) is 53.6 Å². The number of hydrogen-bond donors (Lipinski definition) is 1. The molecule has 0 atom stereocenters.